The van der Waals surface area contributed by atoms with E-state index in [1.165, 1.54) is 19.3 Å². The fourth-order valence-electron chi connectivity index (χ4n) is 3.59. The van der Waals surface area contributed by atoms with Crippen LogP contribution >= 0.6 is 0 Å². The highest BCUT2D eigenvalue weighted by Gasteiger charge is 2.40. The molecule has 2 saturated heterocycles. The van der Waals surface area contributed by atoms with Crippen LogP contribution in [0.3, 0.4) is 0 Å². The summed E-state index contributed by atoms with van der Waals surface area (Å²) in [5, 5.41) is 11.9. The van der Waals surface area contributed by atoms with Crippen molar-refractivity contribution in [3.8, 4) is 0 Å². The summed E-state index contributed by atoms with van der Waals surface area (Å²) in [6.07, 6.45) is 3.72. The lowest BCUT2D eigenvalue weighted by Gasteiger charge is -2.22. The van der Waals surface area contributed by atoms with E-state index in [1.54, 1.807) is 0 Å². The normalized spacial score (nSPS) is 37.4. The Labute approximate surface area is 112 Å². The van der Waals surface area contributed by atoms with Gasteiger partial charge in [0.15, 0.2) is 0 Å². The van der Waals surface area contributed by atoms with Crippen molar-refractivity contribution in [2.45, 2.75) is 25.3 Å². The van der Waals surface area contributed by atoms with Gasteiger partial charge < -0.3 is 20.1 Å². The van der Waals surface area contributed by atoms with Crippen LogP contribution in [0, 0.1) is 17.8 Å². The van der Waals surface area contributed by atoms with Crippen LogP contribution in [0.5, 0.6) is 0 Å². The van der Waals surface area contributed by atoms with E-state index in [1.807, 2.05) is 4.90 Å². The molecule has 106 valence electrons. The third-order valence-electron chi connectivity index (χ3n) is 4.72. The van der Waals surface area contributed by atoms with Crippen molar-refractivity contribution in [2.75, 3.05) is 26.3 Å². The summed E-state index contributed by atoms with van der Waals surface area (Å²) in [6, 6.07) is -0.526. The maximum absolute atomic E-state index is 12.2. The summed E-state index contributed by atoms with van der Waals surface area (Å²) in [5.74, 6) is -0.214. The minimum absolute atomic E-state index is 0.129. The van der Waals surface area contributed by atoms with Crippen LogP contribution in [0.15, 0.2) is 0 Å². The Morgan fingerprint density at radius 1 is 1.16 bits per heavy atom. The summed E-state index contributed by atoms with van der Waals surface area (Å²) in [5.41, 5.74) is 0. The van der Waals surface area contributed by atoms with E-state index in [9.17, 15) is 9.59 Å². The van der Waals surface area contributed by atoms with Crippen LogP contribution in [0.2, 0.25) is 0 Å². The van der Waals surface area contributed by atoms with Crippen molar-refractivity contribution < 1.29 is 19.4 Å². The predicted molar refractivity (Wildman–Crippen MR) is 66.7 cm³/mol. The van der Waals surface area contributed by atoms with Crippen molar-refractivity contribution in [2.24, 2.45) is 17.8 Å². The zero-order valence-electron chi connectivity index (χ0n) is 10.9. The topological polar surface area (TPSA) is 78.9 Å². The molecule has 0 aromatic rings. The number of urea groups is 1. The first kappa shape index (κ1) is 12.7. The highest BCUT2D eigenvalue weighted by atomic mass is 16.5. The summed E-state index contributed by atoms with van der Waals surface area (Å²) < 4.78 is 5.16. The number of carboxylic acid groups (broad SMARTS) is 1. The average Bonchev–Trinajstić information content (AvgIpc) is 3.01. The van der Waals surface area contributed by atoms with Crippen LogP contribution in [-0.2, 0) is 9.53 Å². The Balaban J connectivity index is 1.55. The molecule has 2 amide bonds. The number of nitrogens with one attached hydrogen (secondary N) is 1. The number of carboxylic acids is 1. The number of amides is 2. The van der Waals surface area contributed by atoms with Gasteiger partial charge in [-0.15, -0.1) is 0 Å². The van der Waals surface area contributed by atoms with Crippen molar-refractivity contribution in [1.29, 1.82) is 0 Å². The van der Waals surface area contributed by atoms with Gasteiger partial charge >= 0.3 is 12.0 Å². The molecule has 2 N–H and O–H groups in total. The molecule has 3 fully saturated rings. The van der Waals surface area contributed by atoms with Crippen molar-refractivity contribution in [3.63, 3.8) is 0 Å². The minimum Gasteiger partial charge on any atom is -0.481 e. The van der Waals surface area contributed by atoms with Crippen LogP contribution < -0.4 is 5.32 Å². The van der Waals surface area contributed by atoms with E-state index in [-0.39, 0.29) is 12.6 Å². The molecule has 0 spiro atoms. The maximum atomic E-state index is 12.2. The minimum atomic E-state index is -0.902. The number of carbonyl (C=O) groups is 2. The molecule has 4 unspecified atom stereocenters. The number of likely N-dealkylation sites (tertiary alicyclic amines) is 1. The smallest absolute Gasteiger partial charge is 0.317 e. The number of ether oxygens (including phenoxy) is 1. The van der Waals surface area contributed by atoms with Crippen molar-refractivity contribution in [1.82, 2.24) is 10.2 Å². The Hall–Kier alpha value is -1.30. The van der Waals surface area contributed by atoms with E-state index in [0.717, 1.165) is 13.1 Å². The Bertz CT molecular complexity index is 375. The Morgan fingerprint density at radius 3 is 2.47 bits per heavy atom. The van der Waals surface area contributed by atoms with Gasteiger partial charge in [-0.3, -0.25) is 4.79 Å². The van der Waals surface area contributed by atoms with Crippen molar-refractivity contribution >= 4 is 12.0 Å². The lowest BCUT2D eigenvalue weighted by atomic mass is 10.0. The molecule has 1 aliphatic carbocycles. The first-order valence-electron chi connectivity index (χ1n) is 7.01. The number of fused-ring (bicyclic) bond motifs is 1. The van der Waals surface area contributed by atoms with E-state index >= 15 is 0 Å². The highest BCUT2D eigenvalue weighted by Crippen LogP contribution is 2.37. The van der Waals surface area contributed by atoms with Gasteiger partial charge in [0.05, 0.1) is 19.3 Å². The van der Waals surface area contributed by atoms with E-state index < -0.39 is 17.9 Å². The Kier molecular flexibility index (Phi) is 3.35. The van der Waals surface area contributed by atoms with Crippen LogP contribution in [0.4, 0.5) is 4.79 Å². The van der Waals surface area contributed by atoms with Gasteiger partial charge in [0.25, 0.3) is 0 Å². The molecule has 2 heterocycles. The molecule has 0 aromatic carbocycles. The SMILES string of the molecule is O=C(O)C1COCC1NC(=O)N1CC2CCCC2C1. The second-order valence-electron chi connectivity index (χ2n) is 5.89. The molecule has 3 aliphatic rings. The van der Waals surface area contributed by atoms with Gasteiger partial charge in [-0.2, -0.15) is 0 Å². The van der Waals surface area contributed by atoms with E-state index in [4.69, 9.17) is 9.84 Å². The zero-order chi connectivity index (χ0) is 13.4. The molecule has 4 atom stereocenters. The largest absolute Gasteiger partial charge is 0.481 e. The fraction of sp³-hybridized carbons (Fsp3) is 0.846. The van der Waals surface area contributed by atoms with Gasteiger partial charge in [0, 0.05) is 13.1 Å². The number of nitrogens with zero attached hydrogens (tertiary/aromatic N) is 1. The van der Waals surface area contributed by atoms with Gasteiger partial charge in [0.1, 0.15) is 5.92 Å². The number of carbonyl (C=O) groups excluding carboxylic acids is 1. The zero-order valence-corrected chi connectivity index (χ0v) is 10.9. The second kappa shape index (κ2) is 5.00. The summed E-state index contributed by atoms with van der Waals surface area (Å²) >= 11 is 0. The summed E-state index contributed by atoms with van der Waals surface area (Å²) in [7, 11) is 0. The quantitative estimate of drug-likeness (QED) is 0.765. The van der Waals surface area contributed by atoms with E-state index in [2.05, 4.69) is 5.32 Å². The monoisotopic (exact) mass is 268 g/mol. The Morgan fingerprint density at radius 2 is 1.84 bits per heavy atom. The standard InChI is InChI=1S/C13H20N2O4/c16-12(17)10-6-19-7-11(10)14-13(18)15-4-8-2-1-3-9(8)5-15/h8-11H,1-7H2,(H,14,18)(H,16,17). The van der Waals surface area contributed by atoms with Crippen LogP contribution in [0.25, 0.3) is 0 Å². The summed E-state index contributed by atoms with van der Waals surface area (Å²) in [4.78, 5) is 25.0. The third-order valence-corrected chi connectivity index (χ3v) is 4.72. The third kappa shape index (κ3) is 2.41. The number of hydrogen-bond acceptors (Lipinski definition) is 3. The molecule has 1 saturated carbocycles. The molecule has 0 radical (unpaired) electrons. The highest BCUT2D eigenvalue weighted by molar-refractivity contribution is 5.77. The van der Waals surface area contributed by atoms with Gasteiger partial charge in [0.2, 0.25) is 0 Å². The maximum Gasteiger partial charge on any atom is 0.317 e. The lowest BCUT2D eigenvalue weighted by molar-refractivity contribution is -0.142. The molecular formula is C13H20N2O4. The average molecular weight is 268 g/mol. The molecule has 3 rings (SSSR count). The molecule has 0 aromatic heterocycles. The van der Waals surface area contributed by atoms with Crippen molar-refractivity contribution in [3.05, 3.63) is 0 Å². The predicted octanol–water partition coefficient (Wildman–Crippen LogP) is 0.527. The molecular weight excluding hydrogens is 248 g/mol. The second-order valence-corrected chi connectivity index (χ2v) is 5.89. The van der Waals surface area contributed by atoms with Gasteiger partial charge in [-0.25, -0.2) is 4.79 Å². The molecule has 19 heavy (non-hydrogen) atoms. The lowest BCUT2D eigenvalue weighted by Crippen LogP contribution is -2.48. The molecule has 2 aliphatic heterocycles. The van der Waals surface area contributed by atoms with Gasteiger partial charge in [-0.1, -0.05) is 6.42 Å². The van der Waals surface area contributed by atoms with Crippen LogP contribution in [0.1, 0.15) is 19.3 Å². The first-order chi connectivity index (χ1) is 9.15. The number of rotatable bonds is 2. The summed E-state index contributed by atoms with van der Waals surface area (Å²) in [6.45, 7) is 2.12. The van der Waals surface area contributed by atoms with E-state index in [0.29, 0.717) is 18.4 Å². The molecule has 6 heteroatoms. The fourth-order valence-corrected chi connectivity index (χ4v) is 3.59. The molecule has 0 bridgehead atoms. The van der Waals surface area contributed by atoms with Crippen LogP contribution in [-0.4, -0.2) is 54.4 Å². The first-order valence-corrected chi connectivity index (χ1v) is 7.01. The van der Waals surface area contributed by atoms with Gasteiger partial charge in [-0.05, 0) is 24.7 Å². The number of hydrogen-bond donors (Lipinski definition) is 2. The molecule has 6 nitrogen and oxygen atoms in total. The number of aliphatic carboxylic acids is 1.